The van der Waals surface area contributed by atoms with Crippen LogP contribution in [0.3, 0.4) is 0 Å². The monoisotopic (exact) mass is 340 g/mol. The number of nitrogens with zero attached hydrogens (tertiary/aromatic N) is 3. The van der Waals surface area contributed by atoms with Crippen LogP contribution in [0.2, 0.25) is 0 Å². The summed E-state index contributed by atoms with van der Waals surface area (Å²) >= 11 is 0. The zero-order valence-corrected chi connectivity index (χ0v) is 15.6. The summed E-state index contributed by atoms with van der Waals surface area (Å²) in [6.45, 7) is 9.75. The average molecular weight is 340 g/mol. The summed E-state index contributed by atoms with van der Waals surface area (Å²) in [6, 6.07) is 11.8. The lowest BCUT2D eigenvalue weighted by Crippen LogP contribution is -2.37. The molecule has 2 aromatic rings. The Bertz CT molecular complexity index is 670. The van der Waals surface area contributed by atoms with Gasteiger partial charge in [-0.15, -0.1) is 0 Å². The van der Waals surface area contributed by atoms with E-state index in [1.165, 1.54) is 0 Å². The summed E-state index contributed by atoms with van der Waals surface area (Å²) in [4.78, 5) is 23.4. The van der Waals surface area contributed by atoms with Crippen LogP contribution < -0.4 is 5.32 Å². The predicted molar refractivity (Wildman–Crippen MR) is 101 cm³/mol. The highest BCUT2D eigenvalue weighted by Crippen LogP contribution is 2.13. The van der Waals surface area contributed by atoms with E-state index < -0.39 is 0 Å². The Kier molecular flexibility index (Phi) is 6.92. The van der Waals surface area contributed by atoms with E-state index in [-0.39, 0.29) is 11.9 Å². The molecular formula is C20H28N4O. The van der Waals surface area contributed by atoms with Crippen molar-refractivity contribution in [3.8, 4) is 0 Å². The molecule has 1 heterocycles. The number of carbonyl (C=O) groups excluding carboxylic acids is 1. The number of hydrogen-bond acceptors (Lipinski definition) is 4. The van der Waals surface area contributed by atoms with Crippen molar-refractivity contribution in [3.63, 3.8) is 0 Å². The van der Waals surface area contributed by atoms with E-state index in [0.717, 1.165) is 18.5 Å². The molecule has 25 heavy (non-hydrogen) atoms. The van der Waals surface area contributed by atoms with Crippen molar-refractivity contribution in [2.75, 3.05) is 11.9 Å². The van der Waals surface area contributed by atoms with E-state index >= 15 is 0 Å². The van der Waals surface area contributed by atoms with Crippen molar-refractivity contribution in [1.29, 1.82) is 0 Å². The molecule has 5 nitrogen and oxygen atoms in total. The Hall–Kier alpha value is -2.43. The number of anilines is 1. The van der Waals surface area contributed by atoms with Crippen LogP contribution >= 0.6 is 0 Å². The molecule has 0 saturated carbocycles. The third-order valence-corrected chi connectivity index (χ3v) is 3.96. The summed E-state index contributed by atoms with van der Waals surface area (Å²) < 4.78 is 0. The van der Waals surface area contributed by atoms with Gasteiger partial charge in [-0.25, -0.2) is 9.97 Å². The van der Waals surface area contributed by atoms with Crippen LogP contribution in [0.5, 0.6) is 0 Å². The lowest BCUT2D eigenvalue weighted by atomic mass is 10.1. The van der Waals surface area contributed by atoms with Crippen LogP contribution in [0.25, 0.3) is 0 Å². The lowest BCUT2D eigenvalue weighted by molar-refractivity contribution is 0.0684. The van der Waals surface area contributed by atoms with Crippen molar-refractivity contribution in [2.24, 2.45) is 5.92 Å². The summed E-state index contributed by atoms with van der Waals surface area (Å²) in [5.74, 6) is 1.04. The van der Waals surface area contributed by atoms with Gasteiger partial charge in [-0.2, -0.15) is 0 Å². The van der Waals surface area contributed by atoms with Gasteiger partial charge in [0, 0.05) is 25.3 Å². The molecule has 1 N–H and O–H groups in total. The van der Waals surface area contributed by atoms with Gasteiger partial charge in [0.15, 0.2) is 0 Å². The van der Waals surface area contributed by atoms with Crippen molar-refractivity contribution in [2.45, 2.75) is 46.7 Å². The lowest BCUT2D eigenvalue weighted by Gasteiger charge is -2.26. The fraction of sp³-hybridized carbons (Fsp3) is 0.450. The van der Waals surface area contributed by atoms with Gasteiger partial charge in [-0.1, -0.05) is 44.2 Å². The maximum absolute atomic E-state index is 12.9. The number of hydrogen-bond donors (Lipinski definition) is 1. The van der Waals surface area contributed by atoms with E-state index in [1.807, 2.05) is 49.1 Å². The van der Waals surface area contributed by atoms with Gasteiger partial charge in [0.05, 0.1) is 0 Å². The zero-order valence-electron chi connectivity index (χ0n) is 15.6. The van der Waals surface area contributed by atoms with E-state index in [0.29, 0.717) is 24.1 Å². The second-order valence-corrected chi connectivity index (χ2v) is 6.89. The maximum atomic E-state index is 12.9. The molecule has 134 valence electrons. The SMILES string of the molecule is CC(C)CCNc1nccc(C(=O)N(Cc2ccccc2)C(C)C)n1. The van der Waals surface area contributed by atoms with E-state index in [4.69, 9.17) is 0 Å². The van der Waals surface area contributed by atoms with Crippen molar-refractivity contribution < 1.29 is 4.79 Å². The van der Waals surface area contributed by atoms with Crippen LogP contribution in [-0.4, -0.2) is 33.4 Å². The largest absolute Gasteiger partial charge is 0.354 e. The number of rotatable bonds is 8. The quantitative estimate of drug-likeness (QED) is 0.789. The number of carbonyl (C=O) groups is 1. The third-order valence-electron chi connectivity index (χ3n) is 3.96. The minimum atomic E-state index is -0.0758. The van der Waals surface area contributed by atoms with Crippen LogP contribution in [0.4, 0.5) is 5.95 Å². The first kappa shape index (κ1) is 18.9. The number of amides is 1. The number of benzene rings is 1. The highest BCUT2D eigenvalue weighted by atomic mass is 16.2. The van der Waals surface area contributed by atoms with Crippen LogP contribution in [0.1, 0.15) is 50.2 Å². The second-order valence-electron chi connectivity index (χ2n) is 6.89. The molecule has 0 atom stereocenters. The summed E-state index contributed by atoms with van der Waals surface area (Å²) in [5, 5.41) is 3.20. The topological polar surface area (TPSA) is 58.1 Å². The zero-order chi connectivity index (χ0) is 18.2. The van der Waals surface area contributed by atoms with Gasteiger partial charge in [-0.05, 0) is 37.8 Å². The highest BCUT2D eigenvalue weighted by molar-refractivity contribution is 5.92. The summed E-state index contributed by atoms with van der Waals surface area (Å²) in [7, 11) is 0. The molecule has 2 rings (SSSR count). The molecule has 0 radical (unpaired) electrons. The average Bonchev–Trinajstić information content (AvgIpc) is 2.60. The molecule has 1 aromatic heterocycles. The van der Waals surface area contributed by atoms with Crippen LogP contribution in [0.15, 0.2) is 42.6 Å². The fourth-order valence-electron chi connectivity index (χ4n) is 2.45. The molecule has 0 fully saturated rings. The highest BCUT2D eigenvalue weighted by Gasteiger charge is 2.20. The first-order chi connectivity index (χ1) is 12.0. The van der Waals surface area contributed by atoms with E-state index in [2.05, 4.69) is 29.1 Å². The van der Waals surface area contributed by atoms with Crippen molar-refractivity contribution in [1.82, 2.24) is 14.9 Å². The third kappa shape index (κ3) is 5.85. The van der Waals surface area contributed by atoms with Gasteiger partial charge in [0.2, 0.25) is 5.95 Å². The number of nitrogens with one attached hydrogen (secondary N) is 1. The smallest absolute Gasteiger partial charge is 0.273 e. The Morgan fingerprint density at radius 2 is 1.84 bits per heavy atom. The molecule has 0 aliphatic carbocycles. The van der Waals surface area contributed by atoms with Crippen molar-refractivity contribution >= 4 is 11.9 Å². The molecule has 0 saturated heterocycles. The van der Waals surface area contributed by atoms with E-state index in [9.17, 15) is 4.79 Å². The predicted octanol–water partition coefficient (Wildman–Crippen LogP) is 3.99. The van der Waals surface area contributed by atoms with Gasteiger partial charge in [-0.3, -0.25) is 4.79 Å². The standard InChI is InChI=1S/C20H28N4O/c1-15(2)10-12-21-20-22-13-11-18(23-20)19(25)24(16(3)4)14-17-8-6-5-7-9-17/h5-9,11,13,15-16H,10,12,14H2,1-4H3,(H,21,22,23). The normalized spacial score (nSPS) is 11.0. The first-order valence-electron chi connectivity index (χ1n) is 8.89. The Labute approximate surface area is 150 Å². The van der Waals surface area contributed by atoms with Gasteiger partial charge < -0.3 is 10.2 Å². The molecule has 1 amide bonds. The fourth-order valence-corrected chi connectivity index (χ4v) is 2.45. The minimum Gasteiger partial charge on any atom is -0.354 e. The number of aromatic nitrogens is 2. The Morgan fingerprint density at radius 1 is 1.12 bits per heavy atom. The second kappa shape index (κ2) is 9.16. The summed E-state index contributed by atoms with van der Waals surface area (Å²) in [6.07, 6.45) is 2.67. The molecule has 0 spiro atoms. The molecule has 0 unspecified atom stereocenters. The Balaban J connectivity index is 2.10. The van der Waals surface area contributed by atoms with Gasteiger partial charge in [0.25, 0.3) is 5.91 Å². The molecule has 0 aliphatic rings. The van der Waals surface area contributed by atoms with Crippen LogP contribution in [-0.2, 0) is 6.54 Å². The Morgan fingerprint density at radius 3 is 2.48 bits per heavy atom. The van der Waals surface area contributed by atoms with Crippen molar-refractivity contribution in [3.05, 3.63) is 53.9 Å². The van der Waals surface area contributed by atoms with Gasteiger partial charge >= 0.3 is 0 Å². The molecule has 1 aromatic carbocycles. The molecule has 5 heteroatoms. The van der Waals surface area contributed by atoms with E-state index in [1.54, 1.807) is 12.3 Å². The molecule has 0 bridgehead atoms. The van der Waals surface area contributed by atoms with Crippen LogP contribution in [0, 0.1) is 5.92 Å². The minimum absolute atomic E-state index is 0.0758. The molecular weight excluding hydrogens is 312 g/mol. The molecule has 0 aliphatic heterocycles. The summed E-state index contributed by atoms with van der Waals surface area (Å²) in [5.41, 5.74) is 1.53. The van der Waals surface area contributed by atoms with Gasteiger partial charge in [0.1, 0.15) is 5.69 Å². The maximum Gasteiger partial charge on any atom is 0.273 e. The first-order valence-corrected chi connectivity index (χ1v) is 8.89.